The van der Waals surface area contributed by atoms with Gasteiger partial charge in [-0.2, -0.15) is 5.10 Å². The van der Waals surface area contributed by atoms with Crippen LogP contribution in [0.3, 0.4) is 0 Å². The van der Waals surface area contributed by atoms with E-state index in [1.807, 2.05) is 18.7 Å². The van der Waals surface area contributed by atoms with E-state index >= 15 is 0 Å². The van der Waals surface area contributed by atoms with Crippen molar-refractivity contribution in [3.8, 4) is 11.3 Å². The third-order valence-corrected chi connectivity index (χ3v) is 4.71. The molecule has 1 aliphatic rings. The van der Waals surface area contributed by atoms with Crippen LogP contribution in [0, 0.1) is 13.8 Å². The highest BCUT2D eigenvalue weighted by Gasteiger charge is 2.13. The Hall–Kier alpha value is -2.40. The smallest absolute Gasteiger partial charge is 0.158 e. The fourth-order valence-corrected chi connectivity index (χ4v) is 3.47. The molecule has 0 radical (unpaired) electrons. The Morgan fingerprint density at radius 2 is 1.75 bits per heavy atom. The maximum atomic E-state index is 5.42. The fourth-order valence-electron chi connectivity index (χ4n) is 3.47. The molecular weight excluding hydrogens is 300 g/mol. The molecule has 3 heterocycles. The predicted molar refractivity (Wildman–Crippen MR) is 96.5 cm³/mol. The van der Waals surface area contributed by atoms with Crippen LogP contribution in [0.1, 0.15) is 11.3 Å². The third kappa shape index (κ3) is 2.55. The molecule has 0 N–H and O–H groups in total. The molecule has 4 rings (SSSR count). The Bertz CT molecular complexity index is 877. The van der Waals surface area contributed by atoms with Crippen molar-refractivity contribution in [3.05, 3.63) is 41.6 Å². The fraction of sp³-hybridized carbons (Fsp3) is 0.368. The monoisotopic (exact) mass is 322 g/mol. The second-order valence-electron chi connectivity index (χ2n) is 6.38. The lowest BCUT2D eigenvalue weighted by atomic mass is 10.1. The highest BCUT2D eigenvalue weighted by molar-refractivity contribution is 5.85. The van der Waals surface area contributed by atoms with Crippen LogP contribution in [0.2, 0.25) is 0 Å². The first kappa shape index (κ1) is 15.1. The molecule has 1 saturated heterocycles. The number of pyridine rings is 1. The molecule has 0 saturated carbocycles. The van der Waals surface area contributed by atoms with Crippen LogP contribution in [0.25, 0.3) is 22.3 Å². The molecule has 0 amide bonds. The summed E-state index contributed by atoms with van der Waals surface area (Å²) in [5, 5.41) is 5.66. The van der Waals surface area contributed by atoms with Gasteiger partial charge < -0.3 is 9.64 Å². The Kier molecular flexibility index (Phi) is 3.73. The van der Waals surface area contributed by atoms with E-state index in [9.17, 15) is 0 Å². The van der Waals surface area contributed by atoms with Crippen molar-refractivity contribution in [2.24, 2.45) is 7.05 Å². The molecule has 24 heavy (non-hydrogen) atoms. The summed E-state index contributed by atoms with van der Waals surface area (Å²) in [6, 6.07) is 10.8. The maximum absolute atomic E-state index is 5.42. The van der Waals surface area contributed by atoms with Gasteiger partial charge in [-0.3, -0.25) is 4.68 Å². The minimum atomic E-state index is 0.805. The Morgan fingerprint density at radius 3 is 2.46 bits per heavy atom. The molecule has 0 spiro atoms. The molecule has 2 aromatic heterocycles. The summed E-state index contributed by atoms with van der Waals surface area (Å²) in [6.07, 6.45) is 0. The molecule has 0 aliphatic carbocycles. The van der Waals surface area contributed by atoms with Crippen LogP contribution in [0.15, 0.2) is 30.3 Å². The molecule has 3 aromatic rings. The number of rotatable bonds is 2. The molecule has 5 heteroatoms. The number of aromatic nitrogens is 3. The van der Waals surface area contributed by atoms with E-state index in [1.54, 1.807) is 0 Å². The maximum Gasteiger partial charge on any atom is 0.158 e. The van der Waals surface area contributed by atoms with Crippen molar-refractivity contribution >= 4 is 16.7 Å². The molecule has 1 aliphatic heterocycles. The second kappa shape index (κ2) is 5.91. The van der Waals surface area contributed by atoms with E-state index in [2.05, 4.69) is 47.3 Å². The lowest BCUT2D eigenvalue weighted by Crippen LogP contribution is -2.36. The summed E-state index contributed by atoms with van der Waals surface area (Å²) in [5.74, 6) is 0. The van der Waals surface area contributed by atoms with Crippen molar-refractivity contribution in [1.82, 2.24) is 14.8 Å². The average molecular weight is 322 g/mol. The molecule has 0 atom stereocenters. The number of nitrogens with zero attached hydrogens (tertiary/aromatic N) is 4. The van der Waals surface area contributed by atoms with Crippen LogP contribution in [0.5, 0.6) is 0 Å². The molecule has 0 unspecified atom stereocenters. The van der Waals surface area contributed by atoms with Crippen molar-refractivity contribution in [1.29, 1.82) is 0 Å². The number of aryl methyl sites for hydroxylation is 3. The summed E-state index contributed by atoms with van der Waals surface area (Å²) in [4.78, 5) is 7.20. The molecule has 0 bridgehead atoms. The van der Waals surface area contributed by atoms with Gasteiger partial charge in [0.15, 0.2) is 5.65 Å². The summed E-state index contributed by atoms with van der Waals surface area (Å²) < 4.78 is 7.29. The predicted octanol–water partition coefficient (Wildman–Crippen LogP) is 3.09. The van der Waals surface area contributed by atoms with Crippen molar-refractivity contribution in [2.45, 2.75) is 13.8 Å². The SMILES string of the molecule is Cc1cc(-c2ccc(N3CCOCC3)cc2)nc2c1c(C)nn2C. The van der Waals surface area contributed by atoms with Gasteiger partial charge in [0.2, 0.25) is 0 Å². The Labute approximate surface area is 141 Å². The largest absolute Gasteiger partial charge is 0.378 e. The molecule has 124 valence electrons. The second-order valence-corrected chi connectivity index (χ2v) is 6.38. The van der Waals surface area contributed by atoms with Crippen LogP contribution in [0.4, 0.5) is 5.69 Å². The van der Waals surface area contributed by atoms with E-state index in [-0.39, 0.29) is 0 Å². The Morgan fingerprint density at radius 1 is 1.04 bits per heavy atom. The van der Waals surface area contributed by atoms with Gasteiger partial charge in [0.1, 0.15) is 0 Å². The van der Waals surface area contributed by atoms with Gasteiger partial charge in [-0.1, -0.05) is 12.1 Å². The number of anilines is 1. The van der Waals surface area contributed by atoms with E-state index in [4.69, 9.17) is 9.72 Å². The van der Waals surface area contributed by atoms with Gasteiger partial charge in [-0.25, -0.2) is 4.98 Å². The zero-order valence-electron chi connectivity index (χ0n) is 14.4. The first-order chi connectivity index (χ1) is 11.6. The van der Waals surface area contributed by atoms with Gasteiger partial charge in [0.25, 0.3) is 0 Å². The highest BCUT2D eigenvalue weighted by atomic mass is 16.5. The zero-order valence-corrected chi connectivity index (χ0v) is 14.4. The molecular formula is C19H22N4O. The van der Waals surface area contributed by atoms with E-state index in [1.165, 1.54) is 11.3 Å². The summed E-state index contributed by atoms with van der Waals surface area (Å²) >= 11 is 0. The average Bonchev–Trinajstić information content (AvgIpc) is 2.90. The Balaban J connectivity index is 1.70. The first-order valence-corrected chi connectivity index (χ1v) is 8.37. The van der Waals surface area contributed by atoms with E-state index in [0.29, 0.717) is 0 Å². The summed E-state index contributed by atoms with van der Waals surface area (Å²) in [5.41, 5.74) is 6.58. The molecule has 1 fully saturated rings. The van der Waals surface area contributed by atoms with Gasteiger partial charge in [-0.15, -0.1) is 0 Å². The number of ether oxygens (including phenoxy) is 1. The van der Waals surface area contributed by atoms with Gasteiger partial charge in [0.05, 0.1) is 24.6 Å². The van der Waals surface area contributed by atoms with Crippen LogP contribution < -0.4 is 4.90 Å². The van der Waals surface area contributed by atoms with Crippen molar-refractivity contribution < 1.29 is 4.74 Å². The zero-order chi connectivity index (χ0) is 16.7. The standard InChI is InChI=1S/C19H22N4O/c1-13-12-17(20-19-18(13)14(2)21-22(19)3)15-4-6-16(7-5-15)23-8-10-24-11-9-23/h4-7,12H,8-11H2,1-3H3. The van der Waals surface area contributed by atoms with Gasteiger partial charge >= 0.3 is 0 Å². The van der Waals surface area contributed by atoms with Crippen LogP contribution in [-0.2, 0) is 11.8 Å². The highest BCUT2D eigenvalue weighted by Crippen LogP contribution is 2.27. The summed E-state index contributed by atoms with van der Waals surface area (Å²) in [6.45, 7) is 7.68. The number of morpholine rings is 1. The van der Waals surface area contributed by atoms with E-state index < -0.39 is 0 Å². The number of fused-ring (bicyclic) bond motifs is 1. The molecule has 5 nitrogen and oxygen atoms in total. The van der Waals surface area contributed by atoms with Crippen molar-refractivity contribution in [3.63, 3.8) is 0 Å². The number of hydrogen-bond acceptors (Lipinski definition) is 4. The quantitative estimate of drug-likeness (QED) is 0.727. The van der Waals surface area contributed by atoms with Crippen LogP contribution in [-0.4, -0.2) is 41.1 Å². The first-order valence-electron chi connectivity index (χ1n) is 8.37. The molecule has 1 aromatic carbocycles. The minimum absolute atomic E-state index is 0.805. The van der Waals surface area contributed by atoms with Crippen molar-refractivity contribution in [2.75, 3.05) is 31.2 Å². The van der Waals surface area contributed by atoms with Crippen LogP contribution >= 0.6 is 0 Å². The number of hydrogen-bond donors (Lipinski definition) is 0. The van der Waals surface area contributed by atoms with Gasteiger partial charge in [0, 0.05) is 36.8 Å². The lowest BCUT2D eigenvalue weighted by molar-refractivity contribution is 0.122. The van der Waals surface area contributed by atoms with E-state index in [0.717, 1.165) is 54.3 Å². The lowest BCUT2D eigenvalue weighted by Gasteiger charge is -2.28. The summed E-state index contributed by atoms with van der Waals surface area (Å²) in [7, 11) is 1.95. The van der Waals surface area contributed by atoms with Gasteiger partial charge in [-0.05, 0) is 37.6 Å². The number of benzene rings is 1. The third-order valence-electron chi connectivity index (χ3n) is 4.71. The topological polar surface area (TPSA) is 43.2 Å². The normalized spacial score (nSPS) is 15.2. The minimum Gasteiger partial charge on any atom is -0.378 e.